The number of carbonyl (C=O) groups excluding carboxylic acids is 4. The predicted molar refractivity (Wildman–Crippen MR) is 76.2 cm³/mol. The molecule has 1 atom stereocenters. The van der Waals surface area contributed by atoms with Crippen LogP contribution in [0.4, 0.5) is 0 Å². The molecule has 2 amide bonds. The number of amides is 2. The number of esters is 1. The van der Waals surface area contributed by atoms with Gasteiger partial charge in [-0.05, 0) is 12.1 Å². The summed E-state index contributed by atoms with van der Waals surface area (Å²) in [6.07, 6.45) is -0.355. The van der Waals surface area contributed by atoms with E-state index in [2.05, 4.69) is 20.7 Å². The third-order valence-electron chi connectivity index (χ3n) is 3.23. The molecular formula is C14H12BrNO5. The monoisotopic (exact) mass is 353 g/mol. The van der Waals surface area contributed by atoms with E-state index >= 15 is 0 Å². The van der Waals surface area contributed by atoms with E-state index in [-0.39, 0.29) is 22.9 Å². The maximum Gasteiger partial charge on any atom is 0.308 e. The second-order valence-corrected chi connectivity index (χ2v) is 4.98. The van der Waals surface area contributed by atoms with Gasteiger partial charge in [-0.25, -0.2) is 0 Å². The van der Waals surface area contributed by atoms with Crippen LogP contribution >= 0.6 is 15.9 Å². The fourth-order valence-electron chi connectivity index (χ4n) is 2.17. The van der Waals surface area contributed by atoms with Crippen LogP contribution in [0.3, 0.4) is 0 Å². The molecule has 1 aliphatic rings. The van der Waals surface area contributed by atoms with Crippen molar-refractivity contribution in [1.29, 1.82) is 0 Å². The lowest BCUT2D eigenvalue weighted by atomic mass is 10.1. The van der Waals surface area contributed by atoms with Crippen molar-refractivity contribution in [2.75, 3.05) is 12.4 Å². The van der Waals surface area contributed by atoms with Gasteiger partial charge in [-0.3, -0.25) is 24.1 Å². The SMILES string of the molecule is COC(=O)CC(C(=O)CBr)N1C(=O)c2ccccc2C1=O. The van der Waals surface area contributed by atoms with E-state index in [1.165, 1.54) is 19.2 Å². The Balaban J connectivity index is 2.38. The number of hydrogen-bond acceptors (Lipinski definition) is 5. The Morgan fingerprint density at radius 3 is 2.14 bits per heavy atom. The molecule has 21 heavy (non-hydrogen) atoms. The number of fused-ring (bicyclic) bond motifs is 1. The average molecular weight is 354 g/mol. The van der Waals surface area contributed by atoms with Crippen LogP contribution in [0.2, 0.25) is 0 Å². The molecule has 110 valence electrons. The predicted octanol–water partition coefficient (Wildman–Crippen LogP) is 1.18. The second kappa shape index (κ2) is 6.17. The van der Waals surface area contributed by atoms with Gasteiger partial charge in [0.05, 0.1) is 30.0 Å². The molecule has 0 radical (unpaired) electrons. The van der Waals surface area contributed by atoms with Crippen molar-refractivity contribution in [3.8, 4) is 0 Å². The minimum Gasteiger partial charge on any atom is -0.469 e. The molecule has 2 rings (SSSR count). The van der Waals surface area contributed by atoms with Gasteiger partial charge in [0.1, 0.15) is 6.04 Å². The molecule has 7 heteroatoms. The number of benzene rings is 1. The van der Waals surface area contributed by atoms with Crippen LogP contribution in [0, 0.1) is 0 Å². The topological polar surface area (TPSA) is 80.8 Å². The van der Waals surface area contributed by atoms with Gasteiger partial charge >= 0.3 is 5.97 Å². The lowest BCUT2D eigenvalue weighted by Gasteiger charge is -2.23. The third-order valence-corrected chi connectivity index (χ3v) is 3.78. The number of rotatable bonds is 5. The first kappa shape index (κ1) is 15.4. The Labute approximate surface area is 129 Å². The highest BCUT2D eigenvalue weighted by Gasteiger charge is 2.43. The van der Waals surface area contributed by atoms with Crippen LogP contribution in [0.25, 0.3) is 0 Å². The molecule has 0 aromatic heterocycles. The van der Waals surface area contributed by atoms with E-state index in [0.717, 1.165) is 4.90 Å². The number of ketones is 1. The summed E-state index contributed by atoms with van der Waals surface area (Å²) in [5.74, 6) is -2.24. The maximum atomic E-state index is 12.3. The van der Waals surface area contributed by atoms with Crippen molar-refractivity contribution in [3.63, 3.8) is 0 Å². The highest BCUT2D eigenvalue weighted by Crippen LogP contribution is 2.26. The van der Waals surface area contributed by atoms with E-state index < -0.39 is 29.6 Å². The summed E-state index contributed by atoms with van der Waals surface area (Å²) < 4.78 is 4.53. The zero-order chi connectivity index (χ0) is 15.6. The summed E-state index contributed by atoms with van der Waals surface area (Å²) in [6.45, 7) is 0. The van der Waals surface area contributed by atoms with Crippen molar-refractivity contribution in [3.05, 3.63) is 35.4 Å². The van der Waals surface area contributed by atoms with E-state index in [0.29, 0.717) is 0 Å². The molecule has 0 aliphatic carbocycles. The van der Waals surface area contributed by atoms with Gasteiger partial charge in [0, 0.05) is 0 Å². The summed E-state index contributed by atoms with van der Waals surface area (Å²) >= 11 is 3.00. The lowest BCUT2D eigenvalue weighted by Crippen LogP contribution is -2.46. The number of alkyl halides is 1. The first-order chi connectivity index (χ1) is 10.0. The maximum absolute atomic E-state index is 12.3. The fraction of sp³-hybridized carbons (Fsp3) is 0.286. The minimum absolute atomic E-state index is 0.0674. The van der Waals surface area contributed by atoms with Crippen LogP contribution in [-0.4, -0.2) is 46.9 Å². The summed E-state index contributed by atoms with van der Waals surface area (Å²) in [4.78, 5) is 48.9. The van der Waals surface area contributed by atoms with Gasteiger partial charge in [0.25, 0.3) is 11.8 Å². The quantitative estimate of drug-likeness (QED) is 0.451. The molecule has 0 spiro atoms. The number of methoxy groups -OCH3 is 1. The van der Waals surface area contributed by atoms with Gasteiger partial charge in [-0.2, -0.15) is 0 Å². The Hall–Kier alpha value is -2.02. The number of nitrogens with zero attached hydrogens (tertiary/aromatic N) is 1. The molecule has 1 aromatic rings. The first-order valence-corrected chi connectivity index (χ1v) is 7.25. The molecule has 0 fully saturated rings. The van der Waals surface area contributed by atoms with E-state index in [9.17, 15) is 19.2 Å². The van der Waals surface area contributed by atoms with Gasteiger partial charge in [-0.15, -0.1) is 0 Å². The highest BCUT2D eigenvalue weighted by atomic mass is 79.9. The lowest BCUT2D eigenvalue weighted by molar-refractivity contribution is -0.143. The molecule has 1 unspecified atom stereocenters. The minimum atomic E-state index is -1.16. The smallest absolute Gasteiger partial charge is 0.308 e. The number of hydrogen-bond donors (Lipinski definition) is 0. The summed E-state index contributed by atoms with van der Waals surface area (Å²) in [5, 5.41) is -0.0674. The summed E-state index contributed by atoms with van der Waals surface area (Å²) in [6, 6.07) is 5.14. The Morgan fingerprint density at radius 2 is 1.71 bits per heavy atom. The molecule has 1 heterocycles. The van der Waals surface area contributed by atoms with Crippen molar-refractivity contribution >= 4 is 39.5 Å². The third kappa shape index (κ3) is 2.73. The summed E-state index contributed by atoms with van der Waals surface area (Å²) in [7, 11) is 1.18. The van der Waals surface area contributed by atoms with Gasteiger partial charge in [-0.1, -0.05) is 28.1 Å². The van der Waals surface area contributed by atoms with Crippen molar-refractivity contribution in [1.82, 2.24) is 4.90 Å². The Bertz CT molecular complexity index is 593. The van der Waals surface area contributed by atoms with Crippen molar-refractivity contribution in [2.24, 2.45) is 0 Å². The molecule has 6 nitrogen and oxygen atoms in total. The van der Waals surface area contributed by atoms with E-state index in [4.69, 9.17) is 0 Å². The normalized spacial score (nSPS) is 14.9. The number of halogens is 1. The number of imide groups is 1. The standard InChI is InChI=1S/C14H12BrNO5/c1-21-12(18)6-10(11(17)7-15)16-13(19)8-4-2-3-5-9(8)14(16)20/h2-5,10H,6-7H2,1H3. The average Bonchev–Trinajstić information content (AvgIpc) is 2.76. The molecule has 0 bridgehead atoms. The molecule has 0 N–H and O–H groups in total. The highest BCUT2D eigenvalue weighted by molar-refractivity contribution is 9.09. The van der Waals surface area contributed by atoms with Gasteiger partial charge < -0.3 is 4.74 Å². The zero-order valence-electron chi connectivity index (χ0n) is 11.2. The van der Waals surface area contributed by atoms with Crippen LogP contribution in [-0.2, 0) is 14.3 Å². The Kier molecular flexibility index (Phi) is 4.52. The van der Waals surface area contributed by atoms with Crippen LogP contribution in [0.15, 0.2) is 24.3 Å². The molecule has 0 saturated heterocycles. The van der Waals surface area contributed by atoms with Crippen LogP contribution < -0.4 is 0 Å². The largest absolute Gasteiger partial charge is 0.469 e. The molecule has 1 aliphatic heterocycles. The molecular weight excluding hydrogens is 342 g/mol. The van der Waals surface area contributed by atoms with Crippen LogP contribution in [0.5, 0.6) is 0 Å². The van der Waals surface area contributed by atoms with E-state index in [1.54, 1.807) is 12.1 Å². The summed E-state index contributed by atoms with van der Waals surface area (Å²) in [5.41, 5.74) is 0.472. The van der Waals surface area contributed by atoms with Gasteiger partial charge in [0.2, 0.25) is 0 Å². The van der Waals surface area contributed by atoms with Crippen molar-refractivity contribution < 1.29 is 23.9 Å². The number of carbonyl (C=O) groups is 4. The second-order valence-electron chi connectivity index (χ2n) is 4.42. The number of ether oxygens (including phenoxy) is 1. The van der Waals surface area contributed by atoms with Gasteiger partial charge in [0.15, 0.2) is 5.78 Å². The first-order valence-electron chi connectivity index (χ1n) is 6.13. The fourth-order valence-corrected chi connectivity index (χ4v) is 2.54. The molecule has 1 aromatic carbocycles. The number of Topliss-reactive ketones (excluding diaryl/α,β-unsaturated/α-hetero) is 1. The Morgan fingerprint density at radius 1 is 1.19 bits per heavy atom. The van der Waals surface area contributed by atoms with Crippen LogP contribution in [0.1, 0.15) is 27.1 Å². The zero-order valence-corrected chi connectivity index (χ0v) is 12.8. The molecule has 0 saturated carbocycles. The van der Waals surface area contributed by atoms with E-state index in [1.807, 2.05) is 0 Å². The van der Waals surface area contributed by atoms with Crippen molar-refractivity contribution in [2.45, 2.75) is 12.5 Å².